The number of piperidine rings is 3. The second kappa shape index (κ2) is 7.32. The lowest BCUT2D eigenvalue weighted by Gasteiger charge is -2.47. The van der Waals surface area contributed by atoms with Crippen LogP contribution in [0.1, 0.15) is 38.5 Å². The minimum Gasteiger partial charge on any atom is -0.369 e. The van der Waals surface area contributed by atoms with Crippen molar-refractivity contribution in [2.75, 3.05) is 46.3 Å². The molecule has 0 unspecified atom stereocenters. The molecule has 0 aromatic carbocycles. The zero-order chi connectivity index (χ0) is 18.0. The van der Waals surface area contributed by atoms with Crippen molar-refractivity contribution in [1.29, 1.82) is 0 Å². The molecule has 7 nitrogen and oxygen atoms in total. The molecule has 3 aliphatic heterocycles. The molecule has 1 spiro atoms. The van der Waals surface area contributed by atoms with Crippen LogP contribution in [0.2, 0.25) is 0 Å². The molecule has 25 heavy (non-hydrogen) atoms. The number of primary amides is 1. The highest BCUT2D eigenvalue weighted by atomic mass is 16.2. The SMILES string of the molecule is CN1CC2(CCC1=O)CCN(C(=O)[C@H]1CCCN(CC(N)=O)C1)CC2. The smallest absolute Gasteiger partial charge is 0.231 e. The van der Waals surface area contributed by atoms with Gasteiger partial charge in [-0.1, -0.05) is 0 Å². The fourth-order valence-electron chi connectivity index (χ4n) is 4.72. The van der Waals surface area contributed by atoms with Gasteiger partial charge in [-0.2, -0.15) is 0 Å². The van der Waals surface area contributed by atoms with Crippen LogP contribution in [-0.4, -0.2) is 78.7 Å². The van der Waals surface area contributed by atoms with E-state index in [0.29, 0.717) is 13.0 Å². The third-order valence-corrected chi connectivity index (χ3v) is 6.24. The average molecular weight is 350 g/mol. The van der Waals surface area contributed by atoms with E-state index in [1.807, 2.05) is 21.7 Å². The second-order valence-electron chi connectivity index (χ2n) is 8.12. The molecule has 3 amide bonds. The molecule has 0 saturated carbocycles. The molecule has 3 saturated heterocycles. The van der Waals surface area contributed by atoms with Gasteiger partial charge in [0.25, 0.3) is 0 Å². The van der Waals surface area contributed by atoms with E-state index in [1.165, 1.54) is 0 Å². The Hall–Kier alpha value is -1.63. The summed E-state index contributed by atoms with van der Waals surface area (Å²) in [6.07, 6.45) is 5.38. The normalized spacial score (nSPS) is 27.6. The van der Waals surface area contributed by atoms with Gasteiger partial charge in [0, 0.05) is 39.6 Å². The molecule has 0 aromatic heterocycles. The Balaban J connectivity index is 1.53. The summed E-state index contributed by atoms with van der Waals surface area (Å²) in [5.74, 6) is 0.117. The van der Waals surface area contributed by atoms with Gasteiger partial charge in [0.2, 0.25) is 17.7 Å². The first-order valence-electron chi connectivity index (χ1n) is 9.42. The summed E-state index contributed by atoms with van der Waals surface area (Å²) in [5, 5.41) is 0. The second-order valence-corrected chi connectivity index (χ2v) is 8.12. The van der Waals surface area contributed by atoms with Crippen LogP contribution in [-0.2, 0) is 14.4 Å². The molecule has 140 valence electrons. The number of nitrogens with zero attached hydrogens (tertiary/aromatic N) is 3. The van der Waals surface area contributed by atoms with E-state index in [2.05, 4.69) is 0 Å². The molecule has 3 rings (SSSR count). The minimum absolute atomic E-state index is 0.0160. The van der Waals surface area contributed by atoms with E-state index in [-0.39, 0.29) is 35.6 Å². The molecule has 7 heteroatoms. The highest BCUT2D eigenvalue weighted by Gasteiger charge is 2.41. The standard InChI is InChI=1S/C18H30N4O3/c1-20-13-18(5-4-16(20)24)6-9-22(10-7-18)17(25)14-3-2-8-21(11-14)12-15(19)23/h14H,2-13H2,1H3,(H2,19,23)/t14-/m0/s1. The largest absolute Gasteiger partial charge is 0.369 e. The van der Waals surface area contributed by atoms with Gasteiger partial charge in [-0.15, -0.1) is 0 Å². The van der Waals surface area contributed by atoms with Gasteiger partial charge < -0.3 is 15.5 Å². The highest BCUT2D eigenvalue weighted by molar-refractivity contribution is 5.80. The van der Waals surface area contributed by atoms with Gasteiger partial charge in [-0.05, 0) is 44.1 Å². The third kappa shape index (κ3) is 4.14. The fourth-order valence-corrected chi connectivity index (χ4v) is 4.72. The van der Waals surface area contributed by atoms with Crippen molar-refractivity contribution in [2.45, 2.75) is 38.5 Å². The molecular weight excluding hydrogens is 320 g/mol. The topological polar surface area (TPSA) is 87.0 Å². The monoisotopic (exact) mass is 350 g/mol. The van der Waals surface area contributed by atoms with Crippen LogP contribution >= 0.6 is 0 Å². The number of hydrogen-bond donors (Lipinski definition) is 1. The minimum atomic E-state index is -0.330. The molecule has 0 bridgehead atoms. The van der Waals surface area contributed by atoms with Gasteiger partial charge in [-0.25, -0.2) is 0 Å². The van der Waals surface area contributed by atoms with Gasteiger partial charge in [0.15, 0.2) is 0 Å². The van der Waals surface area contributed by atoms with Crippen molar-refractivity contribution in [3.8, 4) is 0 Å². The van der Waals surface area contributed by atoms with Crippen LogP contribution in [0.5, 0.6) is 0 Å². The Morgan fingerprint density at radius 3 is 2.56 bits per heavy atom. The molecule has 0 aromatic rings. The zero-order valence-electron chi connectivity index (χ0n) is 15.2. The van der Waals surface area contributed by atoms with Crippen molar-refractivity contribution in [3.05, 3.63) is 0 Å². The van der Waals surface area contributed by atoms with Crippen LogP contribution in [0.4, 0.5) is 0 Å². The van der Waals surface area contributed by atoms with Gasteiger partial charge >= 0.3 is 0 Å². The van der Waals surface area contributed by atoms with E-state index in [9.17, 15) is 14.4 Å². The Kier molecular flexibility index (Phi) is 5.32. The van der Waals surface area contributed by atoms with E-state index in [4.69, 9.17) is 5.73 Å². The summed E-state index contributed by atoms with van der Waals surface area (Å²) in [6, 6.07) is 0. The van der Waals surface area contributed by atoms with E-state index in [1.54, 1.807) is 0 Å². The molecular formula is C18H30N4O3. The Morgan fingerprint density at radius 2 is 1.92 bits per heavy atom. The maximum Gasteiger partial charge on any atom is 0.231 e. The lowest BCUT2D eigenvalue weighted by molar-refractivity contribution is -0.144. The maximum absolute atomic E-state index is 12.9. The molecule has 3 aliphatic rings. The summed E-state index contributed by atoms with van der Waals surface area (Å²) in [4.78, 5) is 41.6. The van der Waals surface area contributed by atoms with Crippen molar-refractivity contribution >= 4 is 17.7 Å². The number of likely N-dealkylation sites (tertiary alicyclic amines) is 3. The Morgan fingerprint density at radius 1 is 1.20 bits per heavy atom. The lowest BCUT2D eigenvalue weighted by atomic mass is 9.72. The van der Waals surface area contributed by atoms with Crippen LogP contribution in [0.15, 0.2) is 0 Å². The van der Waals surface area contributed by atoms with Crippen LogP contribution in [0, 0.1) is 11.3 Å². The first-order chi connectivity index (χ1) is 11.9. The Bertz CT molecular complexity index is 542. The maximum atomic E-state index is 12.9. The fraction of sp³-hybridized carbons (Fsp3) is 0.833. The quantitative estimate of drug-likeness (QED) is 0.779. The number of amides is 3. The van der Waals surface area contributed by atoms with E-state index in [0.717, 1.165) is 58.3 Å². The number of nitrogens with two attached hydrogens (primary N) is 1. The predicted molar refractivity (Wildman–Crippen MR) is 93.5 cm³/mol. The van der Waals surface area contributed by atoms with E-state index < -0.39 is 0 Å². The van der Waals surface area contributed by atoms with Gasteiger partial charge in [-0.3, -0.25) is 19.3 Å². The molecule has 3 fully saturated rings. The average Bonchev–Trinajstić information content (AvgIpc) is 2.58. The molecule has 0 radical (unpaired) electrons. The van der Waals surface area contributed by atoms with E-state index >= 15 is 0 Å². The summed E-state index contributed by atoms with van der Waals surface area (Å²) in [6.45, 7) is 4.12. The third-order valence-electron chi connectivity index (χ3n) is 6.24. The lowest BCUT2D eigenvalue weighted by Crippen LogP contribution is -2.53. The first-order valence-corrected chi connectivity index (χ1v) is 9.42. The highest BCUT2D eigenvalue weighted by Crippen LogP contribution is 2.40. The van der Waals surface area contributed by atoms with Crippen molar-refractivity contribution < 1.29 is 14.4 Å². The summed E-state index contributed by atoms with van der Waals surface area (Å²) in [5.41, 5.74) is 5.48. The van der Waals surface area contributed by atoms with Crippen molar-refractivity contribution in [1.82, 2.24) is 14.7 Å². The number of hydrogen-bond acceptors (Lipinski definition) is 4. The molecule has 1 atom stereocenters. The van der Waals surface area contributed by atoms with Crippen LogP contribution < -0.4 is 5.73 Å². The van der Waals surface area contributed by atoms with Gasteiger partial charge in [0.1, 0.15) is 0 Å². The van der Waals surface area contributed by atoms with Crippen molar-refractivity contribution in [3.63, 3.8) is 0 Å². The number of carbonyl (C=O) groups excluding carboxylic acids is 3. The summed E-state index contributed by atoms with van der Waals surface area (Å²) >= 11 is 0. The summed E-state index contributed by atoms with van der Waals surface area (Å²) < 4.78 is 0. The molecule has 2 N–H and O–H groups in total. The Labute approximate surface area is 149 Å². The number of rotatable bonds is 3. The van der Waals surface area contributed by atoms with Gasteiger partial charge in [0.05, 0.1) is 12.5 Å². The number of carbonyl (C=O) groups is 3. The predicted octanol–water partition coefficient (Wildman–Crippen LogP) is 0.0447. The van der Waals surface area contributed by atoms with Crippen LogP contribution in [0.25, 0.3) is 0 Å². The first kappa shape index (κ1) is 18.2. The van der Waals surface area contributed by atoms with Crippen molar-refractivity contribution in [2.24, 2.45) is 17.1 Å². The molecule has 3 heterocycles. The molecule has 0 aliphatic carbocycles. The van der Waals surface area contributed by atoms with Crippen LogP contribution in [0.3, 0.4) is 0 Å². The summed E-state index contributed by atoms with van der Waals surface area (Å²) in [7, 11) is 1.89. The zero-order valence-corrected chi connectivity index (χ0v) is 15.2.